The fourth-order valence-electron chi connectivity index (χ4n) is 3.29. The molecule has 1 amide bonds. The van der Waals surface area contributed by atoms with Crippen LogP contribution in [0.2, 0.25) is 0 Å². The lowest BCUT2D eigenvalue weighted by atomic mass is 9.89. The van der Waals surface area contributed by atoms with Gasteiger partial charge in [-0.1, -0.05) is 41.5 Å². The third-order valence-corrected chi connectivity index (χ3v) is 4.99. The summed E-state index contributed by atoms with van der Waals surface area (Å²) in [5, 5.41) is 13.1. The van der Waals surface area contributed by atoms with Crippen LogP contribution in [0.15, 0.2) is 0 Å². The highest BCUT2D eigenvalue weighted by molar-refractivity contribution is 7.13. The van der Waals surface area contributed by atoms with Crippen molar-refractivity contribution in [1.29, 1.82) is 0 Å². The first-order chi connectivity index (χ1) is 9.22. The number of nitrogens with one attached hydrogen (secondary N) is 1. The van der Waals surface area contributed by atoms with E-state index < -0.39 is 6.10 Å². The molecule has 0 radical (unpaired) electrons. The van der Waals surface area contributed by atoms with Crippen molar-refractivity contribution in [3.63, 3.8) is 0 Å². The number of aliphatic hydroxyl groups is 1. The van der Waals surface area contributed by atoms with Gasteiger partial charge in [-0.05, 0) is 19.3 Å². The number of aliphatic hydroxyl groups excluding tert-OH is 1. The van der Waals surface area contributed by atoms with Gasteiger partial charge in [-0.15, -0.1) is 0 Å². The predicted molar refractivity (Wildman–Crippen MR) is 79.6 cm³/mol. The van der Waals surface area contributed by atoms with Gasteiger partial charge in [-0.2, -0.15) is 0 Å². The van der Waals surface area contributed by atoms with Crippen LogP contribution in [0.4, 0.5) is 0 Å². The lowest BCUT2D eigenvalue weighted by Gasteiger charge is -2.37. The number of hydrogen-bond acceptors (Lipinski definition) is 3. The van der Waals surface area contributed by atoms with Crippen LogP contribution in [-0.4, -0.2) is 41.1 Å². The zero-order chi connectivity index (χ0) is 13.7. The van der Waals surface area contributed by atoms with Crippen LogP contribution < -0.4 is 5.09 Å². The predicted octanol–water partition coefficient (Wildman–Crippen LogP) is 1.69. The van der Waals surface area contributed by atoms with E-state index in [-0.39, 0.29) is 17.9 Å². The monoisotopic (exact) mass is 286 g/mol. The van der Waals surface area contributed by atoms with E-state index in [0.29, 0.717) is 6.54 Å². The summed E-state index contributed by atoms with van der Waals surface area (Å²) >= 11 is 0. The number of likely N-dealkylation sites (tertiary alicyclic amines) is 1. The van der Waals surface area contributed by atoms with E-state index >= 15 is 0 Å². The number of amides is 1. The first-order valence-electron chi connectivity index (χ1n) is 7.65. The van der Waals surface area contributed by atoms with Gasteiger partial charge >= 0.3 is 0 Å². The molecular weight excluding hydrogens is 259 g/mol. The van der Waals surface area contributed by atoms with Crippen molar-refractivity contribution >= 4 is 15.3 Å². The van der Waals surface area contributed by atoms with Crippen molar-refractivity contribution in [3.05, 3.63) is 0 Å². The minimum atomic E-state index is -0.441. The van der Waals surface area contributed by atoms with Gasteiger partial charge in [0, 0.05) is 25.0 Å². The van der Waals surface area contributed by atoms with Crippen molar-refractivity contribution in [1.82, 2.24) is 9.99 Å². The van der Waals surface area contributed by atoms with Crippen molar-refractivity contribution < 1.29 is 9.90 Å². The highest BCUT2D eigenvalue weighted by Crippen LogP contribution is 2.25. The minimum Gasteiger partial charge on any atom is -0.390 e. The van der Waals surface area contributed by atoms with Crippen LogP contribution in [0.3, 0.4) is 0 Å². The Balaban J connectivity index is 1.88. The van der Waals surface area contributed by atoms with Crippen LogP contribution in [0.5, 0.6) is 0 Å². The van der Waals surface area contributed by atoms with Crippen LogP contribution in [0.1, 0.15) is 51.4 Å². The van der Waals surface area contributed by atoms with Gasteiger partial charge in [0.1, 0.15) is 0 Å². The summed E-state index contributed by atoms with van der Waals surface area (Å²) in [6.07, 6.45) is 8.70. The Morgan fingerprint density at radius 1 is 1.11 bits per heavy atom. The highest BCUT2D eigenvalue weighted by atomic mass is 31.0. The van der Waals surface area contributed by atoms with E-state index in [1.807, 2.05) is 4.90 Å². The van der Waals surface area contributed by atoms with Gasteiger partial charge in [-0.25, -0.2) is 0 Å². The van der Waals surface area contributed by atoms with Crippen molar-refractivity contribution in [2.75, 3.05) is 13.1 Å². The molecule has 3 unspecified atom stereocenters. The molecule has 110 valence electrons. The Morgan fingerprint density at radius 2 is 1.74 bits per heavy atom. The SMILES string of the molecule is O=C(C1CCCCCCC1)N1CCC(NP)C(O)C1. The number of carbonyl (C=O) groups excluding carboxylic acids is 1. The minimum absolute atomic E-state index is 0.103. The maximum atomic E-state index is 12.5. The van der Waals surface area contributed by atoms with Crippen LogP contribution in [-0.2, 0) is 4.79 Å². The molecule has 1 aliphatic carbocycles. The second kappa shape index (κ2) is 7.56. The average molecular weight is 286 g/mol. The lowest BCUT2D eigenvalue weighted by molar-refractivity contribution is -0.139. The van der Waals surface area contributed by atoms with Gasteiger partial charge in [0.05, 0.1) is 6.10 Å². The quantitative estimate of drug-likeness (QED) is 0.760. The summed E-state index contributed by atoms with van der Waals surface area (Å²) in [7, 11) is 2.46. The van der Waals surface area contributed by atoms with Gasteiger partial charge in [0.2, 0.25) is 5.91 Å². The first kappa shape index (κ1) is 15.2. The summed E-state index contributed by atoms with van der Waals surface area (Å²) in [5.41, 5.74) is 0. The normalized spacial score (nSPS) is 30.7. The van der Waals surface area contributed by atoms with Crippen molar-refractivity contribution in [3.8, 4) is 0 Å². The Labute approximate surface area is 118 Å². The second-order valence-corrected chi connectivity index (χ2v) is 6.29. The fraction of sp³-hybridized carbons (Fsp3) is 0.929. The maximum absolute atomic E-state index is 12.5. The first-order valence-corrected chi connectivity index (χ1v) is 8.23. The molecule has 2 N–H and O–H groups in total. The number of nitrogens with zero attached hydrogens (tertiary/aromatic N) is 1. The largest absolute Gasteiger partial charge is 0.390 e. The van der Waals surface area contributed by atoms with Crippen molar-refractivity contribution in [2.45, 2.75) is 63.5 Å². The molecule has 2 fully saturated rings. The summed E-state index contributed by atoms with van der Waals surface area (Å²) < 4.78 is 0. The summed E-state index contributed by atoms with van der Waals surface area (Å²) in [6.45, 7) is 1.26. The highest BCUT2D eigenvalue weighted by Gasteiger charge is 2.32. The molecule has 0 aromatic rings. The van der Waals surface area contributed by atoms with E-state index in [1.165, 1.54) is 32.1 Å². The molecule has 0 aromatic carbocycles. The number of β-amino-alcohol motifs (C(OH)–C–C–N with tert-alkyl or cyclic N) is 1. The molecule has 2 aliphatic rings. The van der Waals surface area contributed by atoms with Gasteiger partial charge in [0.25, 0.3) is 0 Å². The fourth-order valence-corrected chi connectivity index (χ4v) is 3.68. The molecule has 1 aliphatic heterocycles. The molecule has 5 heteroatoms. The smallest absolute Gasteiger partial charge is 0.225 e. The summed E-state index contributed by atoms with van der Waals surface area (Å²) in [6, 6.07) is 0.103. The third-order valence-electron chi connectivity index (χ3n) is 4.56. The standard InChI is InChI=1S/C14H27N2O2P/c17-13-10-16(9-8-12(13)15-19)14(18)11-6-4-2-1-3-5-7-11/h11-13,15,17H,1-10,19H2. The molecule has 0 spiro atoms. The van der Waals surface area contributed by atoms with Crippen LogP contribution >= 0.6 is 9.39 Å². The molecule has 1 saturated heterocycles. The van der Waals surface area contributed by atoms with E-state index in [0.717, 1.165) is 25.8 Å². The molecule has 1 saturated carbocycles. The molecule has 3 atom stereocenters. The molecule has 2 rings (SSSR count). The Bertz CT molecular complexity index is 293. The third kappa shape index (κ3) is 4.14. The molecular formula is C14H27N2O2P. The second-order valence-electron chi connectivity index (χ2n) is 5.96. The Kier molecular flexibility index (Phi) is 6.06. The zero-order valence-corrected chi connectivity index (χ0v) is 12.8. The molecule has 4 nitrogen and oxygen atoms in total. The van der Waals surface area contributed by atoms with Gasteiger partial charge in [-0.3, -0.25) is 9.88 Å². The number of piperidine rings is 1. The molecule has 0 bridgehead atoms. The lowest BCUT2D eigenvalue weighted by Crippen LogP contribution is -2.53. The average Bonchev–Trinajstić information content (AvgIpc) is 2.37. The number of carbonyl (C=O) groups is 1. The Hall–Kier alpha value is -0.180. The van der Waals surface area contributed by atoms with Crippen molar-refractivity contribution in [2.24, 2.45) is 5.92 Å². The van der Waals surface area contributed by atoms with E-state index in [4.69, 9.17) is 0 Å². The Morgan fingerprint density at radius 3 is 2.32 bits per heavy atom. The van der Waals surface area contributed by atoms with E-state index in [2.05, 4.69) is 14.5 Å². The molecule has 1 heterocycles. The van der Waals surface area contributed by atoms with E-state index in [9.17, 15) is 9.90 Å². The zero-order valence-electron chi connectivity index (χ0n) is 11.7. The van der Waals surface area contributed by atoms with Crippen LogP contribution in [0.25, 0.3) is 0 Å². The topological polar surface area (TPSA) is 52.6 Å². The molecule has 19 heavy (non-hydrogen) atoms. The number of rotatable bonds is 2. The van der Waals surface area contributed by atoms with E-state index in [1.54, 1.807) is 0 Å². The van der Waals surface area contributed by atoms with Gasteiger partial charge < -0.3 is 10.0 Å². The van der Waals surface area contributed by atoms with Crippen LogP contribution in [0, 0.1) is 5.92 Å². The summed E-state index contributed by atoms with van der Waals surface area (Å²) in [5.74, 6) is 0.483. The number of hydrogen-bond donors (Lipinski definition) is 2. The molecule has 0 aromatic heterocycles. The van der Waals surface area contributed by atoms with Gasteiger partial charge in [0.15, 0.2) is 0 Å². The maximum Gasteiger partial charge on any atom is 0.225 e. The summed E-state index contributed by atoms with van der Waals surface area (Å²) in [4.78, 5) is 14.4.